The first kappa shape index (κ1) is 13.3. The standard InChI is InChI=1S/C12H9ClN2O.CH4/c1-3-4-9-7-10(5-6-11(9)13)12-14-8(2)16-15-12;/h5-7H,1-2H3;1H4. The predicted octanol–water partition coefficient (Wildman–Crippen LogP) is 3.71. The van der Waals surface area contributed by atoms with E-state index >= 15 is 0 Å². The molecule has 2 rings (SSSR count). The van der Waals surface area contributed by atoms with Crippen molar-refractivity contribution in [1.29, 1.82) is 0 Å². The van der Waals surface area contributed by atoms with Gasteiger partial charge in [0.05, 0.1) is 5.02 Å². The zero-order valence-electron chi connectivity index (χ0n) is 8.91. The number of aryl methyl sites for hydroxylation is 1. The molecule has 0 atom stereocenters. The van der Waals surface area contributed by atoms with Crippen molar-refractivity contribution in [3.05, 3.63) is 34.7 Å². The van der Waals surface area contributed by atoms with E-state index in [9.17, 15) is 0 Å². The molecule has 4 heteroatoms. The number of benzene rings is 1. The summed E-state index contributed by atoms with van der Waals surface area (Å²) in [5.41, 5.74) is 1.61. The fourth-order valence-electron chi connectivity index (χ4n) is 1.31. The molecule has 0 aliphatic carbocycles. The van der Waals surface area contributed by atoms with Crippen LogP contribution in [0.25, 0.3) is 11.4 Å². The molecule has 0 fully saturated rings. The van der Waals surface area contributed by atoms with E-state index in [-0.39, 0.29) is 7.43 Å². The first-order valence-corrected chi connectivity index (χ1v) is 5.11. The minimum absolute atomic E-state index is 0. The summed E-state index contributed by atoms with van der Waals surface area (Å²) < 4.78 is 4.92. The van der Waals surface area contributed by atoms with Crippen LogP contribution >= 0.6 is 11.6 Å². The molecule has 0 saturated carbocycles. The van der Waals surface area contributed by atoms with Crippen molar-refractivity contribution < 1.29 is 4.52 Å². The van der Waals surface area contributed by atoms with Crippen LogP contribution in [0.1, 0.15) is 25.8 Å². The van der Waals surface area contributed by atoms with E-state index < -0.39 is 0 Å². The Hall–Kier alpha value is -1.79. The predicted molar refractivity (Wildman–Crippen MR) is 68.8 cm³/mol. The van der Waals surface area contributed by atoms with Gasteiger partial charge in [-0.25, -0.2) is 0 Å². The second-order valence-corrected chi connectivity index (χ2v) is 3.61. The molecule has 0 amide bonds. The Bertz CT molecular complexity index is 579. The molecule has 17 heavy (non-hydrogen) atoms. The maximum absolute atomic E-state index is 6.00. The molecule has 0 saturated heterocycles. The summed E-state index contributed by atoms with van der Waals surface area (Å²) in [6, 6.07) is 5.47. The number of hydrogen-bond donors (Lipinski definition) is 0. The van der Waals surface area contributed by atoms with Crippen molar-refractivity contribution in [2.75, 3.05) is 0 Å². The highest BCUT2D eigenvalue weighted by molar-refractivity contribution is 6.31. The summed E-state index contributed by atoms with van der Waals surface area (Å²) in [6.07, 6.45) is 0. The second kappa shape index (κ2) is 5.51. The van der Waals surface area contributed by atoms with Gasteiger partial charge in [0.1, 0.15) is 0 Å². The van der Waals surface area contributed by atoms with Crippen molar-refractivity contribution in [3.8, 4) is 23.2 Å². The number of nitrogens with zero attached hydrogens (tertiary/aromatic N) is 2. The first-order chi connectivity index (χ1) is 7.70. The summed E-state index contributed by atoms with van der Waals surface area (Å²) in [7, 11) is 0. The molecular formula is C13H13ClN2O. The molecule has 0 N–H and O–H groups in total. The van der Waals surface area contributed by atoms with Gasteiger partial charge in [-0.2, -0.15) is 4.98 Å². The molecule has 0 radical (unpaired) electrons. The molecule has 0 aliphatic rings. The Balaban J connectivity index is 0.00000144. The minimum Gasteiger partial charge on any atom is -0.339 e. The van der Waals surface area contributed by atoms with Crippen molar-refractivity contribution in [1.82, 2.24) is 10.1 Å². The highest BCUT2D eigenvalue weighted by Gasteiger charge is 2.07. The highest BCUT2D eigenvalue weighted by atomic mass is 35.5. The summed E-state index contributed by atoms with van der Waals surface area (Å²) >= 11 is 6.00. The van der Waals surface area contributed by atoms with Crippen molar-refractivity contribution in [2.24, 2.45) is 0 Å². The number of aromatic nitrogens is 2. The van der Waals surface area contributed by atoms with Crippen LogP contribution in [0.3, 0.4) is 0 Å². The number of hydrogen-bond acceptors (Lipinski definition) is 3. The van der Waals surface area contributed by atoms with E-state index in [1.54, 1.807) is 19.9 Å². The maximum atomic E-state index is 6.00. The number of halogens is 1. The van der Waals surface area contributed by atoms with Crippen LogP contribution in [0, 0.1) is 18.8 Å². The fourth-order valence-corrected chi connectivity index (χ4v) is 1.48. The van der Waals surface area contributed by atoms with Crippen LogP contribution in [0.2, 0.25) is 5.02 Å². The van der Waals surface area contributed by atoms with Gasteiger partial charge in [-0.1, -0.05) is 30.1 Å². The monoisotopic (exact) mass is 248 g/mol. The molecular weight excluding hydrogens is 236 g/mol. The fraction of sp³-hybridized carbons (Fsp3) is 0.231. The van der Waals surface area contributed by atoms with Gasteiger partial charge in [0, 0.05) is 18.1 Å². The molecule has 0 aliphatic heterocycles. The topological polar surface area (TPSA) is 38.9 Å². The zero-order chi connectivity index (χ0) is 11.5. The van der Waals surface area contributed by atoms with E-state index in [1.165, 1.54) is 0 Å². The van der Waals surface area contributed by atoms with Crippen LogP contribution < -0.4 is 0 Å². The molecule has 3 nitrogen and oxygen atoms in total. The third-order valence-electron chi connectivity index (χ3n) is 2.01. The van der Waals surface area contributed by atoms with Crippen molar-refractivity contribution in [3.63, 3.8) is 0 Å². The SMILES string of the molecule is C.CC#Cc1cc(-c2noc(C)n2)ccc1Cl. The summed E-state index contributed by atoms with van der Waals surface area (Å²) in [5, 5.41) is 4.46. The highest BCUT2D eigenvalue weighted by Crippen LogP contribution is 2.22. The van der Waals surface area contributed by atoms with E-state index in [0.29, 0.717) is 16.7 Å². The maximum Gasteiger partial charge on any atom is 0.223 e. The molecule has 1 aromatic heterocycles. The van der Waals surface area contributed by atoms with Gasteiger partial charge < -0.3 is 4.52 Å². The Morgan fingerprint density at radius 3 is 2.71 bits per heavy atom. The normalized spacial score (nSPS) is 9.12. The molecule has 0 spiro atoms. The molecule has 0 unspecified atom stereocenters. The third kappa shape index (κ3) is 2.86. The largest absolute Gasteiger partial charge is 0.339 e. The Labute approximate surface area is 106 Å². The first-order valence-electron chi connectivity index (χ1n) is 4.73. The molecule has 1 aromatic carbocycles. The summed E-state index contributed by atoms with van der Waals surface area (Å²) in [5.74, 6) is 6.82. The van der Waals surface area contributed by atoms with Gasteiger partial charge in [-0.05, 0) is 25.1 Å². The van der Waals surface area contributed by atoms with Gasteiger partial charge in [0.15, 0.2) is 0 Å². The molecule has 1 heterocycles. The van der Waals surface area contributed by atoms with E-state index in [2.05, 4.69) is 22.0 Å². The van der Waals surface area contributed by atoms with Gasteiger partial charge in [0.2, 0.25) is 11.7 Å². The van der Waals surface area contributed by atoms with E-state index in [4.69, 9.17) is 16.1 Å². The lowest BCUT2D eigenvalue weighted by atomic mass is 10.1. The zero-order valence-corrected chi connectivity index (χ0v) is 9.67. The van der Waals surface area contributed by atoms with Gasteiger partial charge in [-0.3, -0.25) is 0 Å². The summed E-state index contributed by atoms with van der Waals surface area (Å²) in [4.78, 5) is 4.14. The average Bonchev–Trinajstić information content (AvgIpc) is 2.69. The molecule has 2 aromatic rings. The lowest BCUT2D eigenvalue weighted by Gasteiger charge is -1.98. The van der Waals surface area contributed by atoms with Gasteiger partial charge in [-0.15, -0.1) is 5.92 Å². The lowest BCUT2D eigenvalue weighted by molar-refractivity contribution is 0.394. The molecule has 0 bridgehead atoms. The van der Waals surface area contributed by atoms with Crippen LogP contribution in [-0.2, 0) is 0 Å². The van der Waals surface area contributed by atoms with E-state index in [0.717, 1.165) is 11.1 Å². The van der Waals surface area contributed by atoms with E-state index in [1.807, 2.05) is 12.1 Å². The Kier molecular flexibility index (Phi) is 4.30. The van der Waals surface area contributed by atoms with Crippen LogP contribution in [0.5, 0.6) is 0 Å². The quantitative estimate of drug-likeness (QED) is 0.723. The molecule has 88 valence electrons. The lowest BCUT2D eigenvalue weighted by Crippen LogP contribution is -1.84. The van der Waals surface area contributed by atoms with Gasteiger partial charge in [0.25, 0.3) is 0 Å². The minimum atomic E-state index is 0. The van der Waals surface area contributed by atoms with Crippen molar-refractivity contribution >= 4 is 11.6 Å². The van der Waals surface area contributed by atoms with Crippen LogP contribution in [-0.4, -0.2) is 10.1 Å². The Morgan fingerprint density at radius 1 is 1.35 bits per heavy atom. The van der Waals surface area contributed by atoms with Gasteiger partial charge >= 0.3 is 0 Å². The second-order valence-electron chi connectivity index (χ2n) is 3.21. The Morgan fingerprint density at radius 2 is 2.12 bits per heavy atom. The summed E-state index contributed by atoms with van der Waals surface area (Å²) in [6.45, 7) is 3.51. The average molecular weight is 249 g/mol. The van der Waals surface area contributed by atoms with Crippen molar-refractivity contribution in [2.45, 2.75) is 21.3 Å². The third-order valence-corrected chi connectivity index (χ3v) is 2.34. The van der Waals surface area contributed by atoms with Crippen LogP contribution in [0.15, 0.2) is 22.7 Å². The smallest absolute Gasteiger partial charge is 0.223 e. The van der Waals surface area contributed by atoms with Crippen LogP contribution in [0.4, 0.5) is 0 Å². The number of rotatable bonds is 1.